The molecule has 1 saturated heterocycles. The largest absolute Gasteiger partial charge is 0.454 e. The summed E-state index contributed by atoms with van der Waals surface area (Å²) in [5, 5.41) is 9.72. The minimum Gasteiger partial charge on any atom is -0.454 e. The Balaban J connectivity index is 1.78. The van der Waals surface area contributed by atoms with E-state index in [2.05, 4.69) is 16.8 Å². The van der Waals surface area contributed by atoms with Crippen molar-refractivity contribution in [2.75, 3.05) is 46.6 Å². The van der Waals surface area contributed by atoms with Crippen molar-refractivity contribution in [3.63, 3.8) is 0 Å². The Morgan fingerprint density at radius 2 is 1.89 bits per heavy atom. The number of likely N-dealkylation sites (N-methyl/N-ethyl adjacent to an activating group) is 1. The Labute approximate surface area is 113 Å². The van der Waals surface area contributed by atoms with Gasteiger partial charge in [0.25, 0.3) is 0 Å². The average molecular weight is 264 g/mol. The summed E-state index contributed by atoms with van der Waals surface area (Å²) in [4.78, 5) is 4.64. The highest BCUT2D eigenvalue weighted by Crippen LogP contribution is 2.35. The molecule has 0 aliphatic carbocycles. The topological polar surface area (TPSA) is 45.2 Å². The molecule has 3 rings (SSSR count). The molecule has 1 atom stereocenters. The van der Waals surface area contributed by atoms with Crippen molar-refractivity contribution in [2.24, 2.45) is 0 Å². The van der Waals surface area contributed by atoms with Gasteiger partial charge in [-0.15, -0.1) is 0 Å². The predicted octanol–water partition coefficient (Wildman–Crippen LogP) is 0.696. The molecule has 2 heterocycles. The Morgan fingerprint density at radius 1 is 1.16 bits per heavy atom. The molecular weight excluding hydrogens is 244 g/mol. The summed E-state index contributed by atoms with van der Waals surface area (Å²) < 4.78 is 10.7. The van der Waals surface area contributed by atoms with Gasteiger partial charge in [-0.1, -0.05) is 6.07 Å². The molecule has 0 bridgehead atoms. The maximum Gasteiger partial charge on any atom is 0.231 e. The number of ether oxygens (including phenoxy) is 2. The molecule has 1 fully saturated rings. The molecule has 0 amide bonds. The van der Waals surface area contributed by atoms with Gasteiger partial charge in [0.2, 0.25) is 6.79 Å². The number of benzene rings is 1. The van der Waals surface area contributed by atoms with Gasteiger partial charge in [0.15, 0.2) is 11.5 Å². The molecule has 19 heavy (non-hydrogen) atoms. The quantitative estimate of drug-likeness (QED) is 0.870. The van der Waals surface area contributed by atoms with Crippen molar-refractivity contribution in [1.82, 2.24) is 9.80 Å². The number of hydrogen-bond acceptors (Lipinski definition) is 5. The third-order valence-electron chi connectivity index (χ3n) is 3.93. The molecule has 5 heteroatoms. The highest BCUT2D eigenvalue weighted by Gasteiger charge is 2.25. The lowest BCUT2D eigenvalue weighted by Crippen LogP contribution is -2.46. The number of fused-ring (bicyclic) bond motifs is 1. The van der Waals surface area contributed by atoms with Gasteiger partial charge < -0.3 is 19.5 Å². The third-order valence-corrected chi connectivity index (χ3v) is 3.93. The highest BCUT2D eigenvalue weighted by molar-refractivity contribution is 5.45. The average Bonchev–Trinajstić information content (AvgIpc) is 2.89. The monoisotopic (exact) mass is 264 g/mol. The summed E-state index contributed by atoms with van der Waals surface area (Å²) in [6.07, 6.45) is 0. The van der Waals surface area contributed by atoms with Gasteiger partial charge in [-0.3, -0.25) is 4.90 Å². The van der Waals surface area contributed by atoms with Crippen LogP contribution in [0.4, 0.5) is 0 Å². The number of aliphatic hydroxyl groups excluding tert-OH is 1. The van der Waals surface area contributed by atoms with Crippen LogP contribution in [0.2, 0.25) is 0 Å². The second-order valence-corrected chi connectivity index (χ2v) is 5.15. The van der Waals surface area contributed by atoms with E-state index in [0.717, 1.165) is 43.2 Å². The van der Waals surface area contributed by atoms with E-state index in [1.807, 2.05) is 18.2 Å². The number of rotatable bonds is 3. The van der Waals surface area contributed by atoms with Crippen molar-refractivity contribution in [3.05, 3.63) is 23.8 Å². The van der Waals surface area contributed by atoms with Crippen LogP contribution >= 0.6 is 0 Å². The van der Waals surface area contributed by atoms with Crippen LogP contribution in [-0.4, -0.2) is 61.5 Å². The fourth-order valence-corrected chi connectivity index (χ4v) is 2.69. The van der Waals surface area contributed by atoms with Gasteiger partial charge in [0.1, 0.15) is 0 Å². The van der Waals surface area contributed by atoms with Crippen molar-refractivity contribution >= 4 is 0 Å². The van der Waals surface area contributed by atoms with Crippen LogP contribution in [-0.2, 0) is 0 Å². The first-order valence-corrected chi connectivity index (χ1v) is 6.71. The van der Waals surface area contributed by atoms with Gasteiger partial charge >= 0.3 is 0 Å². The van der Waals surface area contributed by atoms with E-state index in [1.165, 1.54) is 0 Å². The summed E-state index contributed by atoms with van der Waals surface area (Å²) in [7, 11) is 2.13. The van der Waals surface area contributed by atoms with Crippen LogP contribution in [0.5, 0.6) is 11.5 Å². The molecule has 0 spiro atoms. The number of aliphatic hydroxyl groups is 1. The van der Waals surface area contributed by atoms with E-state index in [-0.39, 0.29) is 19.4 Å². The fourth-order valence-electron chi connectivity index (χ4n) is 2.69. The van der Waals surface area contributed by atoms with Gasteiger partial charge in [0.05, 0.1) is 12.6 Å². The molecule has 0 aromatic heterocycles. The smallest absolute Gasteiger partial charge is 0.231 e. The van der Waals surface area contributed by atoms with Crippen LogP contribution in [0.15, 0.2) is 18.2 Å². The third kappa shape index (κ3) is 2.54. The van der Waals surface area contributed by atoms with Gasteiger partial charge in [-0.2, -0.15) is 0 Å². The molecule has 1 unspecified atom stereocenters. The van der Waals surface area contributed by atoms with Gasteiger partial charge in [-0.05, 0) is 24.7 Å². The summed E-state index contributed by atoms with van der Waals surface area (Å²) >= 11 is 0. The highest BCUT2D eigenvalue weighted by atomic mass is 16.7. The van der Waals surface area contributed by atoms with E-state index in [4.69, 9.17) is 9.47 Å². The lowest BCUT2D eigenvalue weighted by atomic mass is 10.0. The van der Waals surface area contributed by atoms with E-state index in [1.54, 1.807) is 0 Å². The minimum atomic E-state index is 0.0446. The second kappa shape index (κ2) is 5.36. The number of nitrogens with zero attached hydrogens (tertiary/aromatic N) is 2. The Hall–Kier alpha value is -1.30. The molecule has 1 N–H and O–H groups in total. The Kier molecular flexibility index (Phi) is 3.59. The molecule has 2 aliphatic rings. The molecule has 104 valence electrons. The lowest BCUT2D eigenvalue weighted by Gasteiger charge is -2.37. The second-order valence-electron chi connectivity index (χ2n) is 5.15. The number of hydrogen-bond donors (Lipinski definition) is 1. The minimum absolute atomic E-state index is 0.0446. The van der Waals surface area contributed by atoms with E-state index >= 15 is 0 Å². The van der Waals surface area contributed by atoms with Crippen molar-refractivity contribution < 1.29 is 14.6 Å². The van der Waals surface area contributed by atoms with Crippen molar-refractivity contribution in [1.29, 1.82) is 0 Å². The van der Waals surface area contributed by atoms with Crippen LogP contribution in [0.3, 0.4) is 0 Å². The molecule has 2 aliphatic heterocycles. The van der Waals surface area contributed by atoms with Gasteiger partial charge in [0, 0.05) is 26.2 Å². The van der Waals surface area contributed by atoms with Crippen LogP contribution in [0.1, 0.15) is 11.6 Å². The maximum atomic E-state index is 9.72. The van der Waals surface area contributed by atoms with Gasteiger partial charge in [-0.25, -0.2) is 0 Å². The first-order chi connectivity index (χ1) is 9.28. The van der Waals surface area contributed by atoms with Crippen LogP contribution < -0.4 is 9.47 Å². The predicted molar refractivity (Wildman–Crippen MR) is 71.5 cm³/mol. The molecule has 5 nitrogen and oxygen atoms in total. The first kappa shape index (κ1) is 12.7. The molecular formula is C14H20N2O3. The molecule has 1 aromatic rings. The summed E-state index contributed by atoms with van der Waals surface area (Å²) in [5.74, 6) is 1.57. The summed E-state index contributed by atoms with van der Waals surface area (Å²) in [6.45, 7) is 4.47. The van der Waals surface area contributed by atoms with Crippen molar-refractivity contribution in [3.8, 4) is 11.5 Å². The summed E-state index contributed by atoms with van der Waals surface area (Å²) in [6, 6.07) is 5.98. The van der Waals surface area contributed by atoms with Crippen LogP contribution in [0, 0.1) is 0 Å². The zero-order valence-electron chi connectivity index (χ0n) is 11.2. The maximum absolute atomic E-state index is 9.72. The fraction of sp³-hybridized carbons (Fsp3) is 0.571. The zero-order valence-corrected chi connectivity index (χ0v) is 11.2. The first-order valence-electron chi connectivity index (χ1n) is 6.71. The SMILES string of the molecule is CN1CCN(C(CO)c2ccc3c(c2)OCO3)CC1. The molecule has 1 aromatic carbocycles. The molecule has 0 saturated carbocycles. The number of piperazine rings is 1. The normalized spacial score (nSPS) is 21.6. The van der Waals surface area contributed by atoms with E-state index in [9.17, 15) is 5.11 Å². The van der Waals surface area contributed by atoms with Crippen molar-refractivity contribution in [2.45, 2.75) is 6.04 Å². The Morgan fingerprint density at radius 3 is 2.63 bits per heavy atom. The lowest BCUT2D eigenvalue weighted by molar-refractivity contribution is 0.0747. The standard InChI is InChI=1S/C14H20N2O3/c1-15-4-6-16(7-5-15)12(9-17)11-2-3-13-14(8-11)19-10-18-13/h2-3,8,12,17H,4-7,9-10H2,1H3. The van der Waals surface area contributed by atoms with Crippen LogP contribution in [0.25, 0.3) is 0 Å². The summed E-state index contributed by atoms with van der Waals surface area (Å²) in [5.41, 5.74) is 1.09. The van der Waals surface area contributed by atoms with E-state index < -0.39 is 0 Å². The molecule has 0 radical (unpaired) electrons. The zero-order chi connectivity index (χ0) is 13.2. The Bertz CT molecular complexity index is 444. The van der Waals surface area contributed by atoms with E-state index in [0.29, 0.717) is 0 Å².